The summed E-state index contributed by atoms with van der Waals surface area (Å²) in [4.78, 5) is 33.5. The van der Waals surface area contributed by atoms with Gasteiger partial charge in [-0.25, -0.2) is 31.9 Å². The van der Waals surface area contributed by atoms with Crippen LogP contribution in [-0.2, 0) is 32.6 Å². The fourth-order valence-electron chi connectivity index (χ4n) is 5.94. The van der Waals surface area contributed by atoms with Gasteiger partial charge >= 0.3 is 0 Å². The Bertz CT molecular complexity index is 2840. The summed E-state index contributed by atoms with van der Waals surface area (Å²) in [6.07, 6.45) is 2.74. The molecule has 17 nitrogen and oxygen atoms in total. The maximum atomic E-state index is 13.0. The van der Waals surface area contributed by atoms with E-state index in [4.69, 9.17) is 11.5 Å². The highest BCUT2D eigenvalue weighted by molar-refractivity contribution is 5.96. The van der Waals surface area contributed by atoms with Crippen LogP contribution < -0.4 is 11.5 Å². The van der Waals surface area contributed by atoms with Gasteiger partial charge < -0.3 is 11.5 Å². The molecule has 4 heterocycles. The molecule has 0 aliphatic heterocycles. The molecule has 0 saturated carbocycles. The largest absolute Gasteiger partial charge is 0.382 e. The number of aryl methyl sites for hydroxylation is 1. The molecule has 0 fully saturated rings. The first kappa shape index (κ1) is 47.9. The lowest BCUT2D eigenvalue weighted by atomic mass is 10.2. The molecule has 336 valence electrons. The minimum atomic E-state index is -0.326. The fourth-order valence-corrected chi connectivity index (χ4v) is 5.94. The molecule has 65 heavy (non-hydrogen) atoms. The van der Waals surface area contributed by atoms with Crippen molar-refractivity contribution in [2.75, 3.05) is 11.5 Å². The summed E-state index contributed by atoms with van der Waals surface area (Å²) in [6.45, 7) is 9.98. The van der Waals surface area contributed by atoms with Crippen LogP contribution >= 0.6 is 0 Å². The summed E-state index contributed by atoms with van der Waals surface area (Å²) < 4.78 is 44.8. The molecule has 4 aromatic carbocycles. The number of anilines is 2. The molecule has 0 bridgehead atoms. The third kappa shape index (κ3) is 13.9. The summed E-state index contributed by atoms with van der Waals surface area (Å²) >= 11 is 0. The van der Waals surface area contributed by atoms with Crippen LogP contribution in [0, 0.1) is 24.4 Å². The molecule has 0 radical (unpaired) electrons. The molecule has 0 amide bonds. The molecule has 20 heteroatoms. The van der Waals surface area contributed by atoms with E-state index in [1.807, 2.05) is 56.4 Å². The van der Waals surface area contributed by atoms with Crippen LogP contribution in [0.25, 0.3) is 0 Å². The Balaban J connectivity index is 0.000000163. The van der Waals surface area contributed by atoms with Gasteiger partial charge in [0.25, 0.3) is 0 Å². The molecule has 4 aromatic heterocycles. The molecular weight excluding hydrogens is 842 g/mol. The van der Waals surface area contributed by atoms with Gasteiger partial charge in [0.05, 0.1) is 37.6 Å². The fraction of sp³-hybridized carbons (Fsp3) is 0.222. The Morgan fingerprint density at radius 1 is 0.508 bits per heavy atom. The molecule has 0 aliphatic carbocycles. The van der Waals surface area contributed by atoms with Crippen molar-refractivity contribution in [3.8, 4) is 0 Å². The van der Waals surface area contributed by atoms with Gasteiger partial charge in [-0.2, -0.15) is 0 Å². The van der Waals surface area contributed by atoms with Crippen LogP contribution in [0.1, 0.15) is 92.8 Å². The maximum absolute atomic E-state index is 13.0. The van der Waals surface area contributed by atoms with E-state index >= 15 is 0 Å². The van der Waals surface area contributed by atoms with Gasteiger partial charge in [0.1, 0.15) is 17.5 Å². The van der Waals surface area contributed by atoms with Crippen molar-refractivity contribution in [3.63, 3.8) is 0 Å². The third-order valence-corrected chi connectivity index (χ3v) is 9.35. The minimum Gasteiger partial charge on any atom is -0.382 e. The van der Waals surface area contributed by atoms with Crippen molar-refractivity contribution in [2.24, 2.45) is 0 Å². The number of nitrogens with two attached hydrogens (primary N) is 2. The topological polar surface area (TPSA) is 226 Å². The SMILES string of the molecule is CC(=O)c1nnn(Cc2ccc(F)cc2)c1N.CC(=O)c1nnn(Cc2cccc(F)c2)c1N.CC(=O)c1nnn(Cc2ccccc2)c1C.CCc1cn(Cc2cccc(F)c2)nn1. The zero-order chi connectivity index (χ0) is 47.0. The first-order chi connectivity index (χ1) is 31.1. The van der Waals surface area contributed by atoms with E-state index < -0.39 is 0 Å². The second-order valence-electron chi connectivity index (χ2n) is 14.4. The highest BCUT2D eigenvalue weighted by atomic mass is 19.1. The number of rotatable bonds is 12. The monoisotopic (exact) mass is 888 g/mol. The van der Waals surface area contributed by atoms with Gasteiger partial charge in [0.2, 0.25) is 0 Å². The van der Waals surface area contributed by atoms with Crippen LogP contribution in [-0.4, -0.2) is 77.3 Å². The lowest BCUT2D eigenvalue weighted by Crippen LogP contribution is -2.07. The van der Waals surface area contributed by atoms with E-state index in [1.165, 1.54) is 66.5 Å². The summed E-state index contributed by atoms with van der Waals surface area (Å²) in [7, 11) is 0. The third-order valence-electron chi connectivity index (χ3n) is 9.35. The Kier molecular flexibility index (Phi) is 16.8. The second kappa shape index (κ2) is 22.8. The number of ketones is 3. The predicted octanol–water partition coefficient (Wildman–Crippen LogP) is 6.37. The van der Waals surface area contributed by atoms with Crippen LogP contribution in [0.2, 0.25) is 0 Å². The standard InChI is InChI=1S/C12H13N3O.2C11H11FN4O.C11H12FN3/c1-9-12(10(2)16)13-14-15(9)8-11-6-4-3-5-7-11;1-7(17)10-11(13)16(15-14-10)6-8-2-4-9(12)5-3-8;1-7(17)10-11(13)16(15-14-10)6-8-3-2-4-9(12)5-8;1-2-11-8-15(14-13-11)7-9-4-3-5-10(12)6-9/h3-7H,8H2,1-2H3;2*2-5H,6,13H2,1H3;3-6,8H,2,7H2,1H3. The Labute approximate surface area is 371 Å². The minimum absolute atomic E-state index is 0.0446. The zero-order valence-electron chi connectivity index (χ0n) is 36.3. The first-order valence-electron chi connectivity index (χ1n) is 20.1. The molecular formula is C45H47F3N14O3. The van der Waals surface area contributed by atoms with Gasteiger partial charge in [0.15, 0.2) is 46.1 Å². The number of hydrogen-bond donors (Lipinski definition) is 2. The van der Waals surface area contributed by atoms with Crippen molar-refractivity contribution < 1.29 is 27.6 Å². The first-order valence-corrected chi connectivity index (χ1v) is 20.1. The molecule has 8 rings (SSSR count). The van der Waals surface area contributed by atoms with Crippen molar-refractivity contribution in [1.82, 2.24) is 60.0 Å². The van der Waals surface area contributed by atoms with E-state index in [-0.39, 0.29) is 64.4 Å². The van der Waals surface area contributed by atoms with Gasteiger partial charge in [-0.15, -0.1) is 20.4 Å². The molecule has 0 atom stereocenters. The van der Waals surface area contributed by atoms with E-state index in [2.05, 4.69) is 41.2 Å². The maximum Gasteiger partial charge on any atom is 0.183 e. The summed E-state index contributed by atoms with van der Waals surface area (Å²) in [6, 6.07) is 28.5. The molecule has 4 N–H and O–H groups in total. The zero-order valence-corrected chi connectivity index (χ0v) is 36.3. The van der Waals surface area contributed by atoms with E-state index in [9.17, 15) is 27.6 Å². The number of nitrogens with zero attached hydrogens (tertiary/aromatic N) is 12. The van der Waals surface area contributed by atoms with E-state index in [0.717, 1.165) is 34.5 Å². The van der Waals surface area contributed by atoms with Gasteiger partial charge in [-0.3, -0.25) is 14.4 Å². The normalized spacial score (nSPS) is 10.5. The predicted molar refractivity (Wildman–Crippen MR) is 235 cm³/mol. The average molecular weight is 889 g/mol. The summed E-state index contributed by atoms with van der Waals surface area (Å²) in [5, 5.41) is 30.7. The lowest BCUT2D eigenvalue weighted by Gasteiger charge is -2.03. The van der Waals surface area contributed by atoms with Crippen molar-refractivity contribution in [1.29, 1.82) is 0 Å². The number of halogens is 3. The van der Waals surface area contributed by atoms with E-state index in [1.54, 1.807) is 39.7 Å². The lowest BCUT2D eigenvalue weighted by molar-refractivity contribution is 0.1000. The van der Waals surface area contributed by atoms with Crippen molar-refractivity contribution in [2.45, 2.75) is 67.2 Å². The molecule has 8 aromatic rings. The Morgan fingerprint density at radius 3 is 1.42 bits per heavy atom. The molecule has 0 unspecified atom stereocenters. The van der Waals surface area contributed by atoms with Gasteiger partial charge in [-0.05, 0) is 72.0 Å². The van der Waals surface area contributed by atoms with Crippen molar-refractivity contribution in [3.05, 3.63) is 178 Å². The summed E-state index contributed by atoms with van der Waals surface area (Å²) in [5.74, 6) is -0.942. The smallest absolute Gasteiger partial charge is 0.183 e. The highest BCUT2D eigenvalue weighted by Crippen LogP contribution is 2.14. The number of aromatic nitrogens is 12. The second-order valence-corrected chi connectivity index (χ2v) is 14.4. The highest BCUT2D eigenvalue weighted by Gasteiger charge is 2.15. The van der Waals surface area contributed by atoms with Gasteiger partial charge in [0, 0.05) is 27.0 Å². The van der Waals surface area contributed by atoms with Crippen LogP contribution in [0.3, 0.4) is 0 Å². The molecule has 0 saturated heterocycles. The number of nitrogen functional groups attached to an aromatic ring is 2. The van der Waals surface area contributed by atoms with Gasteiger partial charge in [-0.1, -0.05) is 94.5 Å². The quantitative estimate of drug-likeness (QED) is 0.127. The van der Waals surface area contributed by atoms with Crippen LogP contribution in [0.5, 0.6) is 0 Å². The number of carbonyl (C=O) groups excluding carboxylic acids is 3. The number of benzene rings is 4. The molecule has 0 aliphatic rings. The van der Waals surface area contributed by atoms with Crippen LogP contribution in [0.4, 0.5) is 24.8 Å². The van der Waals surface area contributed by atoms with Crippen molar-refractivity contribution >= 4 is 29.0 Å². The molecule has 0 spiro atoms. The average Bonchev–Trinajstić information content (AvgIpc) is 4.07. The number of Topliss-reactive ketones (excluding diaryl/α,β-unsaturated/α-hetero) is 3. The summed E-state index contributed by atoms with van der Waals surface area (Å²) in [5.41, 5.74) is 17.5. The number of carbonyl (C=O) groups is 3. The van der Waals surface area contributed by atoms with E-state index in [0.29, 0.717) is 30.9 Å². The number of hydrogen-bond acceptors (Lipinski definition) is 13. The van der Waals surface area contributed by atoms with Crippen LogP contribution in [0.15, 0.2) is 109 Å². The Hall–Kier alpha value is -8.16. The Morgan fingerprint density at radius 2 is 0.954 bits per heavy atom.